The van der Waals surface area contributed by atoms with Gasteiger partial charge in [-0.3, -0.25) is 0 Å². The van der Waals surface area contributed by atoms with E-state index in [1.165, 1.54) is 0 Å². The zero-order valence-corrected chi connectivity index (χ0v) is 13.7. The van der Waals surface area contributed by atoms with Crippen molar-refractivity contribution in [2.24, 2.45) is 0 Å². The summed E-state index contributed by atoms with van der Waals surface area (Å²) >= 11 is 2.99. The summed E-state index contributed by atoms with van der Waals surface area (Å²) in [5.74, 6) is -0.700. The molecule has 8 heteroatoms. The van der Waals surface area contributed by atoms with Crippen molar-refractivity contribution in [2.45, 2.75) is 37.2 Å². The topological polar surface area (TPSA) is 92.4 Å². The lowest BCUT2D eigenvalue weighted by molar-refractivity contribution is 0.0377. The lowest BCUT2D eigenvalue weighted by atomic mass is 9.98. The normalized spacial score (nSPS) is 12.7. The Morgan fingerprint density at radius 2 is 1.95 bits per heavy atom. The van der Waals surface area contributed by atoms with Gasteiger partial charge < -0.3 is 10.8 Å². The predicted octanol–water partition coefficient (Wildman–Crippen LogP) is 2.00. The third-order valence-electron chi connectivity index (χ3n) is 3.25. The highest BCUT2D eigenvalue weighted by Crippen LogP contribution is 2.27. The SMILES string of the molecule is CCC(O)(CC)CNS(=O)(=O)c1cc(N)c(F)cc1Br. The summed E-state index contributed by atoms with van der Waals surface area (Å²) in [5, 5.41) is 10.1. The largest absolute Gasteiger partial charge is 0.396 e. The molecule has 0 aliphatic heterocycles. The molecule has 1 rings (SSSR count). The zero-order chi connectivity index (χ0) is 15.6. The molecular weight excluding hydrogens is 351 g/mol. The Morgan fingerprint density at radius 3 is 2.45 bits per heavy atom. The van der Waals surface area contributed by atoms with Gasteiger partial charge in [-0.2, -0.15) is 0 Å². The van der Waals surface area contributed by atoms with Gasteiger partial charge in [0.1, 0.15) is 5.82 Å². The molecule has 0 aromatic heterocycles. The highest BCUT2D eigenvalue weighted by atomic mass is 79.9. The molecule has 0 aliphatic rings. The average Bonchev–Trinajstić information content (AvgIpc) is 2.40. The van der Waals surface area contributed by atoms with Crippen molar-refractivity contribution in [1.82, 2.24) is 4.72 Å². The van der Waals surface area contributed by atoms with E-state index in [-0.39, 0.29) is 21.6 Å². The van der Waals surface area contributed by atoms with Crippen LogP contribution in [0.3, 0.4) is 0 Å². The van der Waals surface area contributed by atoms with Gasteiger partial charge in [-0.05, 0) is 40.9 Å². The van der Waals surface area contributed by atoms with Crippen LogP contribution in [0.4, 0.5) is 10.1 Å². The van der Waals surface area contributed by atoms with Crippen molar-refractivity contribution in [3.8, 4) is 0 Å². The number of hydrogen-bond acceptors (Lipinski definition) is 4. The van der Waals surface area contributed by atoms with E-state index in [0.29, 0.717) is 12.8 Å². The Morgan fingerprint density at radius 1 is 1.40 bits per heavy atom. The standard InChI is InChI=1S/C12H18BrFN2O3S/c1-3-12(17,4-2)7-16-20(18,19)11-6-10(15)9(14)5-8(11)13/h5-6,16-17H,3-4,7,15H2,1-2H3. The molecule has 0 bridgehead atoms. The highest BCUT2D eigenvalue weighted by molar-refractivity contribution is 9.10. The van der Waals surface area contributed by atoms with Crippen molar-refractivity contribution in [3.63, 3.8) is 0 Å². The van der Waals surface area contributed by atoms with Gasteiger partial charge >= 0.3 is 0 Å². The minimum Gasteiger partial charge on any atom is -0.396 e. The van der Waals surface area contributed by atoms with E-state index in [1.807, 2.05) is 0 Å². The average molecular weight is 369 g/mol. The van der Waals surface area contributed by atoms with Gasteiger partial charge in [0.05, 0.1) is 16.2 Å². The van der Waals surface area contributed by atoms with Gasteiger partial charge in [-0.15, -0.1) is 0 Å². The van der Waals surface area contributed by atoms with Gasteiger partial charge in [0.2, 0.25) is 10.0 Å². The van der Waals surface area contributed by atoms with Crippen molar-refractivity contribution in [1.29, 1.82) is 0 Å². The predicted molar refractivity (Wildman–Crippen MR) is 79.2 cm³/mol. The van der Waals surface area contributed by atoms with E-state index in [4.69, 9.17) is 5.73 Å². The molecular formula is C12H18BrFN2O3S. The quantitative estimate of drug-likeness (QED) is 0.669. The molecule has 20 heavy (non-hydrogen) atoms. The summed E-state index contributed by atoms with van der Waals surface area (Å²) in [6.07, 6.45) is 0.831. The number of nitrogen functional groups attached to an aromatic ring is 1. The Hall–Kier alpha value is -0.700. The van der Waals surface area contributed by atoms with Crippen molar-refractivity contribution >= 4 is 31.6 Å². The van der Waals surface area contributed by atoms with Crippen LogP contribution in [-0.2, 0) is 10.0 Å². The van der Waals surface area contributed by atoms with Crippen LogP contribution in [0.15, 0.2) is 21.5 Å². The third kappa shape index (κ3) is 3.91. The van der Waals surface area contributed by atoms with E-state index in [1.54, 1.807) is 13.8 Å². The van der Waals surface area contributed by atoms with Gasteiger partial charge in [0.15, 0.2) is 0 Å². The minimum atomic E-state index is -3.89. The van der Waals surface area contributed by atoms with Gasteiger partial charge in [0, 0.05) is 11.0 Å². The van der Waals surface area contributed by atoms with Crippen LogP contribution in [-0.4, -0.2) is 25.7 Å². The van der Waals surface area contributed by atoms with E-state index < -0.39 is 21.4 Å². The number of benzene rings is 1. The summed E-state index contributed by atoms with van der Waals surface area (Å²) in [6.45, 7) is 3.42. The van der Waals surface area contributed by atoms with Gasteiger partial charge in [0.25, 0.3) is 0 Å². The Kier molecular flexibility index (Phi) is 5.54. The van der Waals surface area contributed by atoms with E-state index >= 15 is 0 Å². The molecule has 0 radical (unpaired) electrons. The Labute approximate surface area is 126 Å². The molecule has 0 spiro atoms. The Balaban J connectivity index is 3.04. The maximum atomic E-state index is 13.2. The highest BCUT2D eigenvalue weighted by Gasteiger charge is 2.27. The molecule has 0 heterocycles. The first-order valence-corrected chi connectivity index (χ1v) is 8.39. The molecule has 0 saturated heterocycles. The fraction of sp³-hybridized carbons (Fsp3) is 0.500. The summed E-state index contributed by atoms with van der Waals surface area (Å²) in [4.78, 5) is -0.161. The number of hydrogen-bond donors (Lipinski definition) is 3. The monoisotopic (exact) mass is 368 g/mol. The fourth-order valence-corrected chi connectivity index (χ4v) is 3.72. The summed E-state index contributed by atoms with van der Waals surface area (Å²) in [6, 6.07) is 2.04. The molecule has 5 nitrogen and oxygen atoms in total. The first-order valence-electron chi connectivity index (χ1n) is 6.11. The summed E-state index contributed by atoms with van der Waals surface area (Å²) in [7, 11) is -3.89. The van der Waals surface area contributed by atoms with E-state index in [9.17, 15) is 17.9 Å². The fourth-order valence-electron chi connectivity index (χ4n) is 1.56. The minimum absolute atomic E-state index is 0.0771. The number of halogens is 2. The second-order valence-electron chi connectivity index (χ2n) is 4.56. The summed E-state index contributed by atoms with van der Waals surface area (Å²) < 4.78 is 39.9. The lowest BCUT2D eigenvalue weighted by Crippen LogP contribution is -2.42. The maximum Gasteiger partial charge on any atom is 0.241 e. The number of rotatable bonds is 6. The number of aliphatic hydroxyl groups is 1. The second kappa shape index (κ2) is 6.38. The maximum absolute atomic E-state index is 13.2. The first kappa shape index (κ1) is 17.4. The van der Waals surface area contributed by atoms with Crippen LogP contribution >= 0.6 is 15.9 Å². The lowest BCUT2D eigenvalue weighted by Gasteiger charge is -2.25. The molecule has 1 aromatic carbocycles. The molecule has 1 aromatic rings. The van der Waals surface area contributed by atoms with Crippen molar-refractivity contribution < 1.29 is 17.9 Å². The van der Waals surface area contributed by atoms with Crippen LogP contribution in [0.5, 0.6) is 0 Å². The number of sulfonamides is 1. The van der Waals surface area contributed by atoms with Gasteiger partial charge in [-0.1, -0.05) is 13.8 Å². The smallest absolute Gasteiger partial charge is 0.241 e. The summed E-state index contributed by atoms with van der Waals surface area (Å²) in [5.41, 5.74) is 4.02. The molecule has 114 valence electrons. The number of anilines is 1. The van der Waals surface area contributed by atoms with Crippen LogP contribution in [0.25, 0.3) is 0 Å². The molecule has 0 saturated carbocycles. The number of nitrogens with two attached hydrogens (primary N) is 1. The second-order valence-corrected chi connectivity index (χ2v) is 7.15. The number of nitrogens with one attached hydrogen (secondary N) is 1. The molecule has 4 N–H and O–H groups in total. The zero-order valence-electron chi connectivity index (χ0n) is 11.3. The molecule has 0 unspecified atom stereocenters. The third-order valence-corrected chi connectivity index (χ3v) is 5.61. The molecule has 0 atom stereocenters. The van der Waals surface area contributed by atoms with Crippen LogP contribution in [0.2, 0.25) is 0 Å². The van der Waals surface area contributed by atoms with E-state index in [2.05, 4.69) is 20.7 Å². The first-order chi connectivity index (χ1) is 9.15. The van der Waals surface area contributed by atoms with Crippen LogP contribution in [0.1, 0.15) is 26.7 Å². The van der Waals surface area contributed by atoms with Crippen molar-refractivity contribution in [3.05, 3.63) is 22.4 Å². The Bertz CT molecular complexity index is 589. The molecule has 0 fully saturated rings. The van der Waals surface area contributed by atoms with Crippen LogP contribution < -0.4 is 10.5 Å². The van der Waals surface area contributed by atoms with Crippen LogP contribution in [0, 0.1) is 5.82 Å². The van der Waals surface area contributed by atoms with Gasteiger partial charge in [-0.25, -0.2) is 17.5 Å². The molecule has 0 amide bonds. The van der Waals surface area contributed by atoms with E-state index in [0.717, 1.165) is 12.1 Å². The molecule has 0 aliphatic carbocycles. The van der Waals surface area contributed by atoms with Crippen molar-refractivity contribution in [2.75, 3.05) is 12.3 Å².